The van der Waals surface area contributed by atoms with Gasteiger partial charge in [-0.25, -0.2) is 8.42 Å². The molecule has 0 aromatic carbocycles. The van der Waals surface area contributed by atoms with Crippen LogP contribution in [0.3, 0.4) is 0 Å². The Bertz CT molecular complexity index is 604. The van der Waals surface area contributed by atoms with Gasteiger partial charge in [0.05, 0.1) is 30.2 Å². The number of sulfonamides is 1. The lowest BCUT2D eigenvalue weighted by Gasteiger charge is -2.38. The van der Waals surface area contributed by atoms with Crippen LogP contribution in [0.25, 0.3) is 0 Å². The van der Waals surface area contributed by atoms with Crippen molar-refractivity contribution in [2.75, 3.05) is 39.4 Å². The molecule has 1 aromatic heterocycles. The molecule has 7 nitrogen and oxygen atoms in total. The maximum absolute atomic E-state index is 12.9. The van der Waals surface area contributed by atoms with E-state index < -0.39 is 10.0 Å². The molecule has 23 heavy (non-hydrogen) atoms. The van der Waals surface area contributed by atoms with E-state index in [1.807, 2.05) is 0 Å². The number of morpholine rings is 1. The molecule has 0 saturated carbocycles. The van der Waals surface area contributed by atoms with Gasteiger partial charge in [0.2, 0.25) is 10.0 Å². The summed E-state index contributed by atoms with van der Waals surface area (Å²) in [6.07, 6.45) is 6.70. The maximum Gasteiger partial charge on any atom is 0.218 e. The van der Waals surface area contributed by atoms with E-state index >= 15 is 0 Å². The molecule has 0 N–H and O–H groups in total. The maximum atomic E-state index is 12.9. The van der Waals surface area contributed by atoms with E-state index in [0.29, 0.717) is 32.8 Å². The molecule has 2 atom stereocenters. The van der Waals surface area contributed by atoms with Crippen molar-refractivity contribution < 1.29 is 13.2 Å². The van der Waals surface area contributed by atoms with Gasteiger partial charge in [-0.05, 0) is 26.3 Å². The second-order valence-corrected chi connectivity index (χ2v) is 8.33. The molecule has 0 amide bonds. The minimum Gasteiger partial charge on any atom is -0.379 e. The molecule has 2 fully saturated rings. The van der Waals surface area contributed by atoms with Crippen molar-refractivity contribution in [3.8, 4) is 0 Å². The Balaban J connectivity index is 1.70. The van der Waals surface area contributed by atoms with Gasteiger partial charge in [-0.1, -0.05) is 0 Å². The van der Waals surface area contributed by atoms with Crippen molar-refractivity contribution >= 4 is 10.0 Å². The van der Waals surface area contributed by atoms with Crippen molar-refractivity contribution in [1.82, 2.24) is 19.2 Å². The van der Waals surface area contributed by atoms with E-state index in [-0.39, 0.29) is 11.3 Å². The third kappa shape index (κ3) is 3.71. The molecule has 2 aliphatic heterocycles. The third-order valence-electron chi connectivity index (χ3n) is 4.72. The Hall–Kier alpha value is -1.09. The fraction of sp³-hybridized carbons (Fsp3) is 0.733. The highest BCUT2D eigenvalue weighted by atomic mass is 32.2. The lowest BCUT2D eigenvalue weighted by Crippen LogP contribution is -2.51. The summed E-state index contributed by atoms with van der Waals surface area (Å²) in [5, 5.41) is -0.339. The molecule has 2 unspecified atom stereocenters. The first kappa shape index (κ1) is 16.8. The van der Waals surface area contributed by atoms with Crippen LogP contribution in [-0.4, -0.2) is 72.2 Å². The van der Waals surface area contributed by atoms with Gasteiger partial charge < -0.3 is 4.74 Å². The van der Waals surface area contributed by atoms with Crippen LogP contribution in [0.2, 0.25) is 0 Å². The zero-order valence-electron chi connectivity index (χ0n) is 13.5. The molecular formula is C15H24N4O3S. The van der Waals surface area contributed by atoms with E-state index in [2.05, 4.69) is 21.8 Å². The number of likely N-dealkylation sites (tertiary alicyclic amines) is 1. The number of nitrogens with zero attached hydrogens (tertiary/aromatic N) is 4. The van der Waals surface area contributed by atoms with E-state index in [1.165, 1.54) is 0 Å². The first-order valence-electron chi connectivity index (χ1n) is 8.15. The van der Waals surface area contributed by atoms with Gasteiger partial charge in [0, 0.05) is 38.2 Å². The zero-order valence-corrected chi connectivity index (χ0v) is 14.3. The Morgan fingerprint density at radius 3 is 2.74 bits per heavy atom. The number of aromatic nitrogens is 2. The van der Waals surface area contributed by atoms with E-state index in [0.717, 1.165) is 25.1 Å². The SMILES string of the molecule is CC(c1cnccn1)N1CCCC(S(=O)(=O)N2CCOCC2)C1. The van der Waals surface area contributed by atoms with E-state index in [9.17, 15) is 8.42 Å². The average Bonchev–Trinajstić information content (AvgIpc) is 2.62. The highest BCUT2D eigenvalue weighted by Gasteiger charge is 2.37. The van der Waals surface area contributed by atoms with Crippen LogP contribution in [0.4, 0.5) is 0 Å². The largest absolute Gasteiger partial charge is 0.379 e. The molecule has 1 aromatic rings. The molecule has 2 aliphatic rings. The molecule has 0 radical (unpaired) electrons. The summed E-state index contributed by atoms with van der Waals surface area (Å²) in [4.78, 5) is 10.7. The summed E-state index contributed by atoms with van der Waals surface area (Å²) in [6, 6.07) is 0.0754. The molecule has 3 heterocycles. The van der Waals surface area contributed by atoms with Crippen molar-refractivity contribution in [2.24, 2.45) is 0 Å². The summed E-state index contributed by atoms with van der Waals surface area (Å²) in [6.45, 7) is 5.44. The Morgan fingerprint density at radius 1 is 1.26 bits per heavy atom. The van der Waals surface area contributed by atoms with Gasteiger partial charge in [0.15, 0.2) is 0 Å². The Kier molecular flexibility index (Phi) is 5.25. The van der Waals surface area contributed by atoms with Crippen LogP contribution in [0.15, 0.2) is 18.6 Å². The highest BCUT2D eigenvalue weighted by molar-refractivity contribution is 7.89. The number of piperidine rings is 1. The standard InChI is InChI=1S/C15H24N4O3S/c1-13(15-11-16-4-5-17-15)18-6-2-3-14(12-18)23(20,21)19-7-9-22-10-8-19/h4-5,11,13-14H,2-3,6-10,12H2,1H3. The van der Waals surface area contributed by atoms with Crippen LogP contribution in [0.5, 0.6) is 0 Å². The summed E-state index contributed by atoms with van der Waals surface area (Å²) in [7, 11) is -3.26. The lowest BCUT2D eigenvalue weighted by molar-refractivity contribution is 0.0716. The normalized spacial score (nSPS) is 26.0. The number of hydrogen-bond acceptors (Lipinski definition) is 6. The Morgan fingerprint density at radius 2 is 2.04 bits per heavy atom. The topological polar surface area (TPSA) is 75.6 Å². The van der Waals surface area contributed by atoms with Crippen molar-refractivity contribution in [1.29, 1.82) is 0 Å². The van der Waals surface area contributed by atoms with Crippen molar-refractivity contribution in [2.45, 2.75) is 31.1 Å². The molecule has 3 rings (SSSR count). The number of rotatable bonds is 4. The first-order chi connectivity index (χ1) is 11.1. The van der Waals surface area contributed by atoms with Gasteiger partial charge in [-0.3, -0.25) is 14.9 Å². The summed E-state index contributed by atoms with van der Waals surface area (Å²) in [5.41, 5.74) is 0.886. The molecule has 0 spiro atoms. The Labute approximate surface area is 137 Å². The quantitative estimate of drug-likeness (QED) is 0.802. The highest BCUT2D eigenvalue weighted by Crippen LogP contribution is 2.27. The second-order valence-electron chi connectivity index (χ2n) is 6.12. The fourth-order valence-corrected chi connectivity index (χ4v) is 5.21. The van der Waals surface area contributed by atoms with Crippen molar-refractivity contribution in [3.63, 3.8) is 0 Å². The first-order valence-corrected chi connectivity index (χ1v) is 9.66. The number of hydrogen-bond donors (Lipinski definition) is 0. The van der Waals surface area contributed by atoms with Gasteiger partial charge in [-0.15, -0.1) is 0 Å². The minimum absolute atomic E-state index is 0.0754. The minimum atomic E-state index is -3.26. The molecule has 8 heteroatoms. The van der Waals surface area contributed by atoms with E-state index in [4.69, 9.17) is 4.74 Å². The van der Waals surface area contributed by atoms with Crippen LogP contribution in [0.1, 0.15) is 31.5 Å². The third-order valence-corrected chi connectivity index (χ3v) is 7.03. The smallest absolute Gasteiger partial charge is 0.218 e. The zero-order chi connectivity index (χ0) is 16.3. The molecule has 0 bridgehead atoms. The summed E-state index contributed by atoms with van der Waals surface area (Å²) in [5.74, 6) is 0. The monoisotopic (exact) mass is 340 g/mol. The van der Waals surface area contributed by atoms with Gasteiger partial charge >= 0.3 is 0 Å². The fourth-order valence-electron chi connectivity index (χ4n) is 3.29. The van der Waals surface area contributed by atoms with Crippen LogP contribution < -0.4 is 0 Å². The molecule has 2 saturated heterocycles. The van der Waals surface area contributed by atoms with E-state index in [1.54, 1.807) is 22.9 Å². The van der Waals surface area contributed by atoms with Gasteiger partial charge in [0.1, 0.15) is 0 Å². The average molecular weight is 340 g/mol. The van der Waals surface area contributed by atoms with Gasteiger partial charge in [-0.2, -0.15) is 4.31 Å². The van der Waals surface area contributed by atoms with Gasteiger partial charge in [0.25, 0.3) is 0 Å². The molecule has 128 valence electrons. The summed E-state index contributed by atoms with van der Waals surface area (Å²) >= 11 is 0. The van der Waals surface area contributed by atoms with Crippen molar-refractivity contribution in [3.05, 3.63) is 24.3 Å². The molecular weight excluding hydrogens is 316 g/mol. The molecule has 0 aliphatic carbocycles. The van der Waals surface area contributed by atoms with Crippen LogP contribution in [0, 0.1) is 0 Å². The second kappa shape index (κ2) is 7.21. The number of ether oxygens (including phenoxy) is 1. The predicted molar refractivity (Wildman–Crippen MR) is 86.4 cm³/mol. The van der Waals surface area contributed by atoms with Crippen LogP contribution >= 0.6 is 0 Å². The van der Waals surface area contributed by atoms with Crippen LogP contribution in [-0.2, 0) is 14.8 Å². The lowest BCUT2D eigenvalue weighted by atomic mass is 10.1. The summed E-state index contributed by atoms with van der Waals surface area (Å²) < 4.78 is 32.6. The predicted octanol–water partition coefficient (Wildman–Crippen LogP) is 0.664.